The Hall–Kier alpha value is -3.96. The minimum Gasteiger partial charge on any atom is -0.497 e. The van der Waals surface area contributed by atoms with E-state index in [1.165, 1.54) is 10.8 Å². The molecule has 0 spiro atoms. The van der Waals surface area contributed by atoms with Crippen molar-refractivity contribution in [2.24, 2.45) is 0 Å². The molecule has 0 bridgehead atoms. The van der Waals surface area contributed by atoms with Crippen LogP contribution in [0, 0.1) is 11.3 Å². The standard InChI is InChI=1S/C45H61N4O8PSi/c1-32(2)49(33(3)4)58(54-30-15-27-46)56-40-39(55-42(48-29-16-28-47-43(48)50)41(40)57-59(10,11)44(5,6)7)31-53-45(34-17-13-12-14-18-34,35-19-23-37(51-8)24-20-35)36-21-25-38(52-9)26-22-36/h12-14,16-26,28-29,32-33,39-42H,15,30-31H2,1-11H3/t39-,40+,41?,42-,58?/m1/s1. The zero-order valence-electron chi connectivity index (χ0n) is 36.3. The molecule has 0 amide bonds. The van der Waals surface area contributed by atoms with Crippen LogP contribution in [0.2, 0.25) is 18.1 Å². The third-order valence-electron chi connectivity index (χ3n) is 11.0. The highest BCUT2D eigenvalue weighted by atomic mass is 31.2. The molecule has 1 saturated heterocycles. The Bertz CT molecular complexity index is 1960. The van der Waals surface area contributed by atoms with Crippen LogP contribution in [0.4, 0.5) is 0 Å². The molecule has 1 aliphatic heterocycles. The molecule has 5 atom stereocenters. The van der Waals surface area contributed by atoms with Crippen LogP contribution in [-0.4, -0.2) is 80.4 Å². The fraction of sp³-hybridized carbons (Fsp3) is 0.489. The summed E-state index contributed by atoms with van der Waals surface area (Å²) in [6, 6.07) is 29.7. The van der Waals surface area contributed by atoms with Crippen molar-refractivity contribution in [3.8, 4) is 17.6 Å². The van der Waals surface area contributed by atoms with Gasteiger partial charge in [-0.05, 0) is 92.8 Å². The monoisotopic (exact) mass is 844 g/mol. The molecule has 0 N–H and O–H groups in total. The Morgan fingerprint density at radius 1 is 0.864 bits per heavy atom. The molecule has 2 heterocycles. The van der Waals surface area contributed by atoms with Crippen molar-refractivity contribution in [1.29, 1.82) is 5.26 Å². The zero-order chi connectivity index (χ0) is 43.0. The highest BCUT2D eigenvalue weighted by Gasteiger charge is 2.54. The molecule has 318 valence electrons. The van der Waals surface area contributed by atoms with E-state index in [0.717, 1.165) is 16.7 Å². The maximum atomic E-state index is 13.6. The lowest BCUT2D eigenvalue weighted by molar-refractivity contribution is -0.0943. The van der Waals surface area contributed by atoms with Crippen molar-refractivity contribution >= 4 is 16.8 Å². The van der Waals surface area contributed by atoms with Gasteiger partial charge in [0.25, 0.3) is 8.53 Å². The van der Waals surface area contributed by atoms with Gasteiger partial charge in [0, 0.05) is 24.5 Å². The molecule has 12 nitrogen and oxygen atoms in total. The normalized spacial score (nSPS) is 19.3. The van der Waals surface area contributed by atoms with E-state index in [1.807, 2.05) is 78.9 Å². The second kappa shape index (κ2) is 20.1. The molecular formula is C45H61N4O8PSi. The van der Waals surface area contributed by atoms with Gasteiger partial charge in [0.15, 0.2) is 14.5 Å². The molecule has 1 aliphatic rings. The van der Waals surface area contributed by atoms with Gasteiger partial charge in [-0.1, -0.05) is 75.4 Å². The van der Waals surface area contributed by atoms with Gasteiger partial charge in [-0.15, -0.1) is 0 Å². The summed E-state index contributed by atoms with van der Waals surface area (Å²) in [6.45, 7) is 19.4. The van der Waals surface area contributed by atoms with Crippen LogP contribution in [0.5, 0.6) is 11.5 Å². The highest BCUT2D eigenvalue weighted by Crippen LogP contribution is 2.52. The van der Waals surface area contributed by atoms with Gasteiger partial charge >= 0.3 is 5.69 Å². The number of ether oxygens (including phenoxy) is 4. The first kappa shape index (κ1) is 46.1. The predicted molar refractivity (Wildman–Crippen MR) is 233 cm³/mol. The number of methoxy groups -OCH3 is 2. The van der Waals surface area contributed by atoms with Gasteiger partial charge in [0.2, 0.25) is 0 Å². The quantitative estimate of drug-likeness (QED) is 0.0388. The first-order valence-electron chi connectivity index (χ1n) is 20.2. The van der Waals surface area contributed by atoms with Crippen molar-refractivity contribution in [2.45, 2.75) is 115 Å². The number of rotatable bonds is 19. The number of hydrogen-bond acceptors (Lipinski definition) is 11. The van der Waals surface area contributed by atoms with Gasteiger partial charge in [-0.2, -0.15) is 5.26 Å². The van der Waals surface area contributed by atoms with Crippen LogP contribution in [0.15, 0.2) is 102 Å². The average Bonchev–Trinajstić information content (AvgIpc) is 3.53. The summed E-state index contributed by atoms with van der Waals surface area (Å²) in [7, 11) is -1.07. The van der Waals surface area contributed by atoms with Gasteiger partial charge in [-0.3, -0.25) is 4.57 Å². The molecule has 0 radical (unpaired) electrons. The molecule has 2 unspecified atom stereocenters. The third kappa shape index (κ3) is 10.5. The fourth-order valence-electron chi connectivity index (χ4n) is 7.08. The lowest BCUT2D eigenvalue weighted by Gasteiger charge is -2.42. The minimum absolute atomic E-state index is 0.00518. The van der Waals surface area contributed by atoms with Crippen molar-refractivity contribution < 1.29 is 32.4 Å². The van der Waals surface area contributed by atoms with Crippen LogP contribution < -0.4 is 15.2 Å². The largest absolute Gasteiger partial charge is 0.497 e. The van der Waals surface area contributed by atoms with E-state index in [-0.39, 0.29) is 36.8 Å². The molecule has 4 aromatic rings. The molecule has 1 aromatic heterocycles. The van der Waals surface area contributed by atoms with E-state index in [1.54, 1.807) is 26.5 Å². The van der Waals surface area contributed by atoms with E-state index in [2.05, 4.69) is 77.3 Å². The smallest absolute Gasteiger partial charge is 0.349 e. The van der Waals surface area contributed by atoms with E-state index < -0.39 is 52.7 Å². The van der Waals surface area contributed by atoms with Crippen molar-refractivity contribution in [3.05, 3.63) is 124 Å². The fourth-order valence-corrected chi connectivity index (χ4v) is 10.1. The molecule has 3 aromatic carbocycles. The summed E-state index contributed by atoms with van der Waals surface area (Å²) in [5.74, 6) is 1.41. The molecule has 5 rings (SSSR count). The Labute approximate surface area is 352 Å². The summed E-state index contributed by atoms with van der Waals surface area (Å²) in [5, 5.41) is 9.30. The van der Waals surface area contributed by atoms with Gasteiger partial charge in [0.05, 0.1) is 39.9 Å². The third-order valence-corrected chi connectivity index (χ3v) is 17.6. The van der Waals surface area contributed by atoms with Gasteiger partial charge in [-0.25, -0.2) is 14.4 Å². The van der Waals surface area contributed by atoms with E-state index >= 15 is 0 Å². The lowest BCUT2D eigenvalue weighted by Crippen LogP contribution is -2.50. The summed E-state index contributed by atoms with van der Waals surface area (Å²) in [6.07, 6.45) is 0.0640. The molecule has 14 heteroatoms. The Morgan fingerprint density at radius 3 is 1.92 bits per heavy atom. The minimum atomic E-state index is -2.57. The molecule has 59 heavy (non-hydrogen) atoms. The SMILES string of the molecule is COc1ccc(C(OC[C@H]2O[C@@H](n3cccnc3=O)C(O[Si](C)(C)C(C)(C)C)[C@H]2OP(OCCC#N)N(C(C)C)C(C)C)(c2ccccc2)c2ccc(OC)cc2)cc1. The second-order valence-corrected chi connectivity index (χ2v) is 22.8. The van der Waals surface area contributed by atoms with Crippen molar-refractivity contribution in [3.63, 3.8) is 0 Å². The topological polar surface area (TPSA) is 127 Å². The Morgan fingerprint density at radius 2 is 1.42 bits per heavy atom. The first-order valence-corrected chi connectivity index (χ1v) is 24.2. The zero-order valence-corrected chi connectivity index (χ0v) is 38.2. The molecule has 0 saturated carbocycles. The summed E-state index contributed by atoms with van der Waals surface area (Å²) in [4.78, 5) is 17.7. The van der Waals surface area contributed by atoms with Gasteiger partial charge < -0.3 is 32.4 Å². The maximum absolute atomic E-state index is 13.6. The van der Waals surface area contributed by atoms with Crippen molar-refractivity contribution in [1.82, 2.24) is 14.2 Å². The molecule has 0 aliphatic carbocycles. The number of nitrogens with zero attached hydrogens (tertiary/aromatic N) is 4. The summed E-state index contributed by atoms with van der Waals surface area (Å²) in [5.41, 5.74) is 0.949. The maximum Gasteiger partial charge on any atom is 0.349 e. The van der Waals surface area contributed by atoms with Crippen LogP contribution in [0.25, 0.3) is 0 Å². The number of hydrogen-bond donors (Lipinski definition) is 0. The van der Waals surface area contributed by atoms with Crippen LogP contribution in [0.3, 0.4) is 0 Å². The van der Waals surface area contributed by atoms with E-state index in [0.29, 0.717) is 11.5 Å². The highest BCUT2D eigenvalue weighted by molar-refractivity contribution is 7.44. The van der Waals surface area contributed by atoms with E-state index in [9.17, 15) is 10.1 Å². The van der Waals surface area contributed by atoms with Gasteiger partial charge in [0.1, 0.15) is 35.4 Å². The van der Waals surface area contributed by atoms with E-state index in [4.69, 9.17) is 32.4 Å². The number of aromatic nitrogens is 2. The summed E-state index contributed by atoms with van der Waals surface area (Å²) >= 11 is 0. The lowest BCUT2D eigenvalue weighted by atomic mass is 9.80. The Balaban J connectivity index is 1.72. The number of benzene rings is 3. The van der Waals surface area contributed by atoms with Crippen LogP contribution >= 0.6 is 8.53 Å². The van der Waals surface area contributed by atoms with Crippen LogP contribution in [-0.2, 0) is 28.5 Å². The van der Waals surface area contributed by atoms with Crippen molar-refractivity contribution in [2.75, 3.05) is 27.4 Å². The Kier molecular flexibility index (Phi) is 15.7. The molecular weight excluding hydrogens is 784 g/mol. The number of nitriles is 1. The summed E-state index contributed by atoms with van der Waals surface area (Å²) < 4.78 is 50.3. The predicted octanol–water partition coefficient (Wildman–Crippen LogP) is 9.22. The first-order chi connectivity index (χ1) is 28.1. The van der Waals surface area contributed by atoms with Crippen LogP contribution in [0.1, 0.15) is 77.8 Å². The second-order valence-electron chi connectivity index (χ2n) is 16.6. The average molecular weight is 845 g/mol. The molecule has 1 fully saturated rings.